The molecule has 0 aliphatic heterocycles. The zero-order chi connectivity index (χ0) is 10.8. The molecule has 78 valence electrons. The Balaban J connectivity index is 2.40. The van der Waals surface area contributed by atoms with Gasteiger partial charge in [0, 0.05) is 10.9 Å². The molecular formula is C11H10NO3-. The van der Waals surface area contributed by atoms with Crippen molar-refractivity contribution < 1.29 is 14.6 Å². The molecule has 0 atom stereocenters. The number of aromatic amines is 1. The van der Waals surface area contributed by atoms with E-state index < -0.39 is 12.6 Å². The van der Waals surface area contributed by atoms with Gasteiger partial charge in [0.05, 0.1) is 11.7 Å². The minimum absolute atomic E-state index is 0.428. The monoisotopic (exact) mass is 204 g/mol. The van der Waals surface area contributed by atoms with Gasteiger partial charge in [-0.3, -0.25) is 0 Å². The first-order valence-corrected chi connectivity index (χ1v) is 4.58. The number of rotatable bonds is 3. The molecule has 1 heterocycles. The molecule has 0 amide bonds. The summed E-state index contributed by atoms with van der Waals surface area (Å²) in [5, 5.41) is 11.2. The predicted octanol–water partition coefficient (Wildman–Crippen LogP) is 0.605. The lowest BCUT2D eigenvalue weighted by molar-refractivity contribution is -0.307. The van der Waals surface area contributed by atoms with Crippen molar-refractivity contribution >= 4 is 16.9 Å². The highest BCUT2D eigenvalue weighted by molar-refractivity contribution is 5.87. The van der Waals surface area contributed by atoms with Crippen LogP contribution in [0, 0.1) is 6.92 Å². The van der Waals surface area contributed by atoms with E-state index in [1.807, 2.05) is 31.2 Å². The van der Waals surface area contributed by atoms with Crippen molar-refractivity contribution in [3.8, 4) is 5.75 Å². The Morgan fingerprint density at radius 3 is 2.93 bits per heavy atom. The molecule has 2 aromatic rings. The number of carboxylic acids is 1. The average molecular weight is 204 g/mol. The van der Waals surface area contributed by atoms with Crippen LogP contribution in [0.25, 0.3) is 10.9 Å². The number of ether oxygens (including phenoxy) is 1. The number of aliphatic carboxylic acids is 1. The summed E-state index contributed by atoms with van der Waals surface area (Å²) < 4.78 is 5.16. The number of carbonyl (C=O) groups excluding carboxylic acids is 1. The molecule has 1 N–H and O–H groups in total. The maximum absolute atomic E-state index is 10.3. The lowest BCUT2D eigenvalue weighted by atomic mass is 10.2. The molecule has 2 rings (SSSR count). The van der Waals surface area contributed by atoms with E-state index in [0.717, 1.165) is 16.6 Å². The number of aromatic nitrogens is 1. The third-order valence-corrected chi connectivity index (χ3v) is 2.17. The largest absolute Gasteiger partial charge is 0.546 e. The van der Waals surface area contributed by atoms with Crippen LogP contribution >= 0.6 is 0 Å². The standard InChI is InChI=1S/C11H11NO3/c1-7-11(15-6-10(13)14)8-4-2-3-5-9(8)12-7/h2-5,12H,6H2,1H3,(H,13,14)/p-1. The first-order chi connectivity index (χ1) is 7.18. The topological polar surface area (TPSA) is 65.2 Å². The van der Waals surface area contributed by atoms with Gasteiger partial charge < -0.3 is 19.6 Å². The molecule has 0 aliphatic rings. The zero-order valence-corrected chi connectivity index (χ0v) is 8.24. The van der Waals surface area contributed by atoms with Crippen LogP contribution in [0.1, 0.15) is 5.69 Å². The number of aryl methyl sites for hydroxylation is 1. The molecule has 0 spiro atoms. The SMILES string of the molecule is Cc1[nH]c2ccccc2c1OCC(=O)[O-]. The number of carboxylic acid groups (broad SMARTS) is 1. The van der Waals surface area contributed by atoms with E-state index in [4.69, 9.17) is 4.74 Å². The highest BCUT2D eigenvalue weighted by Gasteiger charge is 2.08. The number of hydrogen-bond donors (Lipinski definition) is 1. The minimum Gasteiger partial charge on any atom is -0.546 e. The maximum atomic E-state index is 10.3. The van der Waals surface area contributed by atoms with E-state index in [9.17, 15) is 9.90 Å². The van der Waals surface area contributed by atoms with Crippen LogP contribution in [0.2, 0.25) is 0 Å². The van der Waals surface area contributed by atoms with Gasteiger partial charge in [-0.25, -0.2) is 0 Å². The normalized spacial score (nSPS) is 10.5. The van der Waals surface area contributed by atoms with Gasteiger partial charge in [0.1, 0.15) is 12.4 Å². The Labute approximate surface area is 86.5 Å². The molecule has 0 unspecified atom stereocenters. The molecule has 0 saturated heterocycles. The van der Waals surface area contributed by atoms with Crippen molar-refractivity contribution in [2.45, 2.75) is 6.92 Å². The molecule has 0 fully saturated rings. The van der Waals surface area contributed by atoms with Crippen molar-refractivity contribution in [2.75, 3.05) is 6.61 Å². The summed E-state index contributed by atoms with van der Waals surface area (Å²) in [6.07, 6.45) is 0. The summed E-state index contributed by atoms with van der Waals surface area (Å²) >= 11 is 0. The number of nitrogens with one attached hydrogen (secondary N) is 1. The summed E-state index contributed by atoms with van der Waals surface area (Å²) in [5.41, 5.74) is 1.75. The summed E-state index contributed by atoms with van der Waals surface area (Å²) in [4.78, 5) is 13.4. The fraction of sp³-hybridized carbons (Fsp3) is 0.182. The molecule has 1 aromatic heterocycles. The number of carbonyl (C=O) groups is 1. The third-order valence-electron chi connectivity index (χ3n) is 2.17. The van der Waals surface area contributed by atoms with Gasteiger partial charge in [-0.1, -0.05) is 12.1 Å². The zero-order valence-electron chi connectivity index (χ0n) is 8.24. The number of benzene rings is 1. The van der Waals surface area contributed by atoms with Crippen molar-refractivity contribution in [3.05, 3.63) is 30.0 Å². The maximum Gasteiger partial charge on any atom is 0.148 e. The van der Waals surface area contributed by atoms with Crippen molar-refractivity contribution in [3.63, 3.8) is 0 Å². The number of para-hydroxylation sites is 1. The van der Waals surface area contributed by atoms with Crippen LogP contribution in [0.15, 0.2) is 24.3 Å². The van der Waals surface area contributed by atoms with Gasteiger partial charge in [0.15, 0.2) is 0 Å². The molecule has 1 aromatic carbocycles. The van der Waals surface area contributed by atoms with Gasteiger partial charge in [-0.2, -0.15) is 0 Å². The minimum atomic E-state index is -1.22. The van der Waals surface area contributed by atoms with Crippen LogP contribution in [0.3, 0.4) is 0 Å². The first-order valence-electron chi connectivity index (χ1n) is 4.58. The van der Waals surface area contributed by atoms with Gasteiger partial charge in [0.25, 0.3) is 0 Å². The summed E-state index contributed by atoms with van der Waals surface area (Å²) in [6.45, 7) is 1.41. The van der Waals surface area contributed by atoms with E-state index in [-0.39, 0.29) is 0 Å². The fourth-order valence-corrected chi connectivity index (χ4v) is 1.57. The highest BCUT2D eigenvalue weighted by atomic mass is 16.5. The Morgan fingerprint density at radius 2 is 2.20 bits per heavy atom. The number of fused-ring (bicyclic) bond motifs is 1. The van der Waals surface area contributed by atoms with Crippen LogP contribution in [-0.2, 0) is 4.79 Å². The quantitative estimate of drug-likeness (QED) is 0.796. The fourth-order valence-electron chi connectivity index (χ4n) is 1.57. The third kappa shape index (κ3) is 1.79. The summed E-state index contributed by atoms with van der Waals surface area (Å²) in [7, 11) is 0. The van der Waals surface area contributed by atoms with E-state index >= 15 is 0 Å². The molecule has 0 saturated carbocycles. The summed E-state index contributed by atoms with van der Waals surface area (Å²) in [5.74, 6) is -0.644. The van der Waals surface area contributed by atoms with E-state index in [2.05, 4.69) is 4.98 Å². The lowest BCUT2D eigenvalue weighted by Gasteiger charge is -2.06. The molecule has 0 bridgehead atoms. The molecule has 4 nitrogen and oxygen atoms in total. The average Bonchev–Trinajstić information content (AvgIpc) is 2.50. The van der Waals surface area contributed by atoms with Crippen molar-refractivity contribution in [1.29, 1.82) is 0 Å². The van der Waals surface area contributed by atoms with Crippen LogP contribution < -0.4 is 9.84 Å². The Hall–Kier alpha value is -1.97. The molecule has 0 radical (unpaired) electrons. The van der Waals surface area contributed by atoms with Crippen molar-refractivity contribution in [1.82, 2.24) is 4.98 Å². The first kappa shape index (κ1) is 9.58. The number of H-pyrrole nitrogens is 1. The molecule has 4 heteroatoms. The van der Waals surface area contributed by atoms with Crippen LogP contribution in [-0.4, -0.2) is 17.6 Å². The molecular weight excluding hydrogens is 194 g/mol. The molecule has 0 aliphatic carbocycles. The second-order valence-electron chi connectivity index (χ2n) is 3.29. The Kier molecular flexibility index (Phi) is 2.33. The number of hydrogen-bond acceptors (Lipinski definition) is 3. The van der Waals surface area contributed by atoms with Crippen LogP contribution in [0.4, 0.5) is 0 Å². The van der Waals surface area contributed by atoms with Gasteiger partial charge in [-0.05, 0) is 19.1 Å². The van der Waals surface area contributed by atoms with E-state index in [1.54, 1.807) is 0 Å². The van der Waals surface area contributed by atoms with E-state index in [1.165, 1.54) is 0 Å². The highest BCUT2D eigenvalue weighted by Crippen LogP contribution is 2.28. The second kappa shape index (κ2) is 3.65. The lowest BCUT2D eigenvalue weighted by Crippen LogP contribution is -2.29. The van der Waals surface area contributed by atoms with Gasteiger partial charge in [0.2, 0.25) is 0 Å². The van der Waals surface area contributed by atoms with Crippen LogP contribution in [0.5, 0.6) is 5.75 Å². The van der Waals surface area contributed by atoms with Gasteiger partial charge in [-0.15, -0.1) is 0 Å². The summed E-state index contributed by atoms with van der Waals surface area (Å²) in [6, 6.07) is 7.57. The smallest absolute Gasteiger partial charge is 0.148 e. The predicted molar refractivity (Wildman–Crippen MR) is 53.5 cm³/mol. The molecule has 15 heavy (non-hydrogen) atoms. The van der Waals surface area contributed by atoms with Gasteiger partial charge >= 0.3 is 0 Å². The second-order valence-corrected chi connectivity index (χ2v) is 3.29. The Bertz CT molecular complexity index is 502. The Morgan fingerprint density at radius 1 is 1.47 bits per heavy atom. The van der Waals surface area contributed by atoms with E-state index in [0.29, 0.717) is 5.75 Å². The van der Waals surface area contributed by atoms with Crippen molar-refractivity contribution in [2.24, 2.45) is 0 Å².